The fourth-order valence-electron chi connectivity index (χ4n) is 2.54. The molecule has 0 bridgehead atoms. The number of ether oxygens (including phenoxy) is 1. The minimum atomic E-state index is -0.744. The molecule has 0 spiro atoms. The molecule has 0 aliphatic heterocycles. The number of benzene rings is 2. The highest BCUT2D eigenvalue weighted by molar-refractivity contribution is 7.07. The molecule has 150 valence electrons. The highest BCUT2D eigenvalue weighted by Gasteiger charge is 2.13. The second-order valence-corrected chi connectivity index (χ2v) is 6.79. The first-order valence-corrected chi connectivity index (χ1v) is 9.51. The van der Waals surface area contributed by atoms with E-state index in [0.29, 0.717) is 34.8 Å². The molecule has 1 aromatic heterocycles. The van der Waals surface area contributed by atoms with Crippen LogP contribution in [0, 0.1) is 5.82 Å². The molecule has 0 radical (unpaired) electrons. The van der Waals surface area contributed by atoms with Crippen molar-refractivity contribution >= 4 is 23.5 Å². The van der Waals surface area contributed by atoms with E-state index in [4.69, 9.17) is 10.5 Å². The zero-order chi connectivity index (χ0) is 20.8. The van der Waals surface area contributed by atoms with Crippen LogP contribution in [0.1, 0.15) is 15.9 Å². The van der Waals surface area contributed by atoms with Crippen molar-refractivity contribution in [3.05, 3.63) is 69.6 Å². The molecule has 3 N–H and O–H groups in total. The number of thiazole rings is 1. The Hall–Kier alpha value is -3.30. The molecule has 0 unspecified atom stereocenters. The number of hydrogen-bond donors (Lipinski definition) is 2. The van der Waals surface area contributed by atoms with Gasteiger partial charge in [0, 0.05) is 23.6 Å². The van der Waals surface area contributed by atoms with Crippen LogP contribution in [0.2, 0.25) is 0 Å². The molecule has 1 heterocycles. The summed E-state index contributed by atoms with van der Waals surface area (Å²) in [7, 11) is 1.58. The Labute approximate surface area is 170 Å². The predicted molar refractivity (Wildman–Crippen MR) is 110 cm³/mol. The van der Waals surface area contributed by atoms with E-state index < -0.39 is 11.7 Å². The first-order chi connectivity index (χ1) is 14.0. The minimum absolute atomic E-state index is 0.00351. The molecule has 1 amide bonds. The number of hydrogen-bond acceptors (Lipinski definition) is 6. The third kappa shape index (κ3) is 4.76. The molecule has 0 atom stereocenters. The topological polar surface area (TPSA) is 102 Å². The summed E-state index contributed by atoms with van der Waals surface area (Å²) in [6, 6.07) is 10.8. The first-order valence-electron chi connectivity index (χ1n) is 8.63. The van der Waals surface area contributed by atoms with Crippen molar-refractivity contribution in [2.24, 2.45) is 15.8 Å². The molecule has 3 aromatic rings. The Morgan fingerprint density at radius 1 is 1.34 bits per heavy atom. The Balaban J connectivity index is 2.11. The molecule has 7 nitrogen and oxygen atoms in total. The molecule has 3 rings (SSSR count). The number of aromatic nitrogens is 1. The van der Waals surface area contributed by atoms with Crippen molar-refractivity contribution in [2.45, 2.75) is 0 Å². The highest BCUT2D eigenvalue weighted by atomic mass is 32.1. The highest BCUT2D eigenvalue weighted by Crippen LogP contribution is 2.26. The van der Waals surface area contributed by atoms with E-state index in [1.54, 1.807) is 36.1 Å². The summed E-state index contributed by atoms with van der Waals surface area (Å²) in [4.78, 5) is 16.6. The van der Waals surface area contributed by atoms with E-state index in [1.165, 1.54) is 35.8 Å². The van der Waals surface area contributed by atoms with Crippen molar-refractivity contribution in [2.75, 3.05) is 20.3 Å². The van der Waals surface area contributed by atoms with Crippen LogP contribution in [-0.2, 0) is 4.74 Å². The normalized spacial score (nSPS) is 12.0. The maximum Gasteiger partial charge on any atom is 0.252 e. The Kier molecular flexibility index (Phi) is 6.53. The van der Waals surface area contributed by atoms with E-state index in [2.05, 4.69) is 10.1 Å². The first kappa shape index (κ1) is 20.4. The monoisotopic (exact) mass is 414 g/mol. The van der Waals surface area contributed by atoms with Crippen LogP contribution in [0.5, 0.6) is 5.75 Å². The third-order valence-electron chi connectivity index (χ3n) is 4.00. The summed E-state index contributed by atoms with van der Waals surface area (Å²) in [5, 5.41) is 16.0. The second-order valence-electron chi connectivity index (χ2n) is 5.95. The number of phenols is 1. The smallest absolute Gasteiger partial charge is 0.252 e. The van der Waals surface area contributed by atoms with E-state index >= 15 is 0 Å². The molecule has 29 heavy (non-hydrogen) atoms. The van der Waals surface area contributed by atoms with Crippen molar-refractivity contribution in [3.63, 3.8) is 0 Å². The second kappa shape index (κ2) is 9.26. The van der Waals surface area contributed by atoms with Gasteiger partial charge in [0.2, 0.25) is 4.80 Å². The van der Waals surface area contributed by atoms with Crippen LogP contribution in [0.15, 0.2) is 57.9 Å². The summed E-state index contributed by atoms with van der Waals surface area (Å²) in [5.41, 5.74) is 6.87. The number of carbonyl (C=O) groups excluding carboxylic acids is 1. The Bertz CT molecular complexity index is 1120. The Morgan fingerprint density at radius 3 is 2.86 bits per heavy atom. The van der Waals surface area contributed by atoms with Gasteiger partial charge in [0.25, 0.3) is 5.91 Å². The van der Waals surface area contributed by atoms with Crippen molar-refractivity contribution in [1.82, 2.24) is 4.68 Å². The Morgan fingerprint density at radius 2 is 2.14 bits per heavy atom. The molecule has 0 aliphatic rings. The SMILES string of the molecule is COCCN=c1scc(-c2ccc(O)c(C(N)=O)c2)n1N=Cc1ccccc1F. The number of nitrogens with two attached hydrogens (primary N) is 1. The van der Waals surface area contributed by atoms with Crippen LogP contribution < -0.4 is 10.5 Å². The van der Waals surface area contributed by atoms with Gasteiger partial charge < -0.3 is 15.6 Å². The van der Waals surface area contributed by atoms with Gasteiger partial charge in [-0.25, -0.2) is 9.07 Å². The van der Waals surface area contributed by atoms with E-state index in [9.17, 15) is 14.3 Å². The number of methoxy groups -OCH3 is 1. The number of halogens is 1. The van der Waals surface area contributed by atoms with Crippen LogP contribution in [0.3, 0.4) is 0 Å². The third-order valence-corrected chi connectivity index (χ3v) is 4.86. The lowest BCUT2D eigenvalue weighted by Crippen LogP contribution is -2.14. The average Bonchev–Trinajstić information content (AvgIpc) is 3.10. The molecule has 0 saturated carbocycles. The lowest BCUT2D eigenvalue weighted by molar-refractivity contribution is 0.0998. The number of carbonyl (C=O) groups is 1. The number of primary amides is 1. The summed E-state index contributed by atoms with van der Waals surface area (Å²) < 4.78 is 20.5. The molecule has 0 saturated heterocycles. The number of aromatic hydroxyl groups is 1. The lowest BCUT2D eigenvalue weighted by Gasteiger charge is -2.07. The van der Waals surface area contributed by atoms with Gasteiger partial charge in [-0.2, -0.15) is 5.10 Å². The lowest BCUT2D eigenvalue weighted by atomic mass is 10.1. The van der Waals surface area contributed by atoms with E-state index in [-0.39, 0.29) is 11.3 Å². The summed E-state index contributed by atoms with van der Waals surface area (Å²) in [6.07, 6.45) is 1.40. The fraction of sp³-hybridized carbons (Fsp3) is 0.150. The van der Waals surface area contributed by atoms with Gasteiger partial charge in [-0.05, 0) is 24.3 Å². The van der Waals surface area contributed by atoms with E-state index in [1.807, 2.05) is 5.38 Å². The molecule has 9 heteroatoms. The average molecular weight is 414 g/mol. The van der Waals surface area contributed by atoms with Crippen LogP contribution >= 0.6 is 11.3 Å². The van der Waals surface area contributed by atoms with Gasteiger partial charge in [0.05, 0.1) is 30.6 Å². The van der Waals surface area contributed by atoms with Crippen LogP contribution in [-0.4, -0.2) is 42.2 Å². The largest absolute Gasteiger partial charge is 0.507 e. The van der Waals surface area contributed by atoms with Gasteiger partial charge in [-0.15, -0.1) is 11.3 Å². The molecule has 2 aromatic carbocycles. The van der Waals surface area contributed by atoms with Crippen molar-refractivity contribution in [3.8, 4) is 17.0 Å². The molecular formula is C20H19FN4O3S. The fourth-order valence-corrected chi connectivity index (χ4v) is 3.41. The summed E-state index contributed by atoms with van der Waals surface area (Å²) in [5.74, 6) is -1.35. The summed E-state index contributed by atoms with van der Waals surface area (Å²) >= 11 is 1.33. The van der Waals surface area contributed by atoms with E-state index in [0.717, 1.165) is 0 Å². The molecular weight excluding hydrogens is 395 g/mol. The van der Waals surface area contributed by atoms with Gasteiger partial charge in [-0.1, -0.05) is 18.2 Å². The van der Waals surface area contributed by atoms with Crippen LogP contribution in [0.4, 0.5) is 4.39 Å². The quantitative estimate of drug-likeness (QED) is 0.459. The predicted octanol–water partition coefficient (Wildman–Crippen LogP) is 2.59. The summed E-state index contributed by atoms with van der Waals surface area (Å²) in [6.45, 7) is 0.864. The van der Waals surface area contributed by atoms with Gasteiger partial charge in [0.1, 0.15) is 11.6 Å². The molecule has 0 fully saturated rings. The van der Waals surface area contributed by atoms with Crippen molar-refractivity contribution in [1.29, 1.82) is 0 Å². The van der Waals surface area contributed by atoms with Gasteiger partial charge in [0.15, 0.2) is 0 Å². The van der Waals surface area contributed by atoms with Crippen LogP contribution in [0.25, 0.3) is 11.3 Å². The molecule has 0 aliphatic carbocycles. The zero-order valence-corrected chi connectivity index (χ0v) is 16.4. The number of amides is 1. The minimum Gasteiger partial charge on any atom is -0.507 e. The zero-order valence-electron chi connectivity index (χ0n) is 15.6. The number of nitrogens with zero attached hydrogens (tertiary/aromatic N) is 3. The maximum atomic E-state index is 14.0. The standard InChI is InChI=1S/C20H19FN4O3S/c1-28-9-8-23-20-25(24-11-14-4-2-3-5-16(14)21)17(12-29-20)13-6-7-18(26)15(10-13)19(22)27/h2-7,10-12,26H,8-9H2,1H3,(H2,22,27). The van der Waals surface area contributed by atoms with Gasteiger partial charge in [-0.3, -0.25) is 9.79 Å². The van der Waals surface area contributed by atoms with Gasteiger partial charge >= 0.3 is 0 Å². The maximum absolute atomic E-state index is 14.0. The number of rotatable bonds is 7. The van der Waals surface area contributed by atoms with Crippen molar-refractivity contribution < 1.29 is 19.0 Å².